The van der Waals surface area contributed by atoms with Gasteiger partial charge in [-0.1, -0.05) is 30.3 Å². The first-order valence-electron chi connectivity index (χ1n) is 11.7. The summed E-state index contributed by atoms with van der Waals surface area (Å²) in [6, 6.07) is 16.5. The van der Waals surface area contributed by atoms with Gasteiger partial charge < -0.3 is 14.6 Å². The Kier molecular flexibility index (Phi) is 7.44. The molecule has 0 saturated carbocycles. The molecular formula is C27H26F3NO6S. The molecule has 0 atom stereocenters. The average Bonchev–Trinajstić information content (AvgIpc) is 2.82. The quantitative estimate of drug-likeness (QED) is 0.392. The number of alkyl halides is 3. The number of carboxylic acid groups (broad SMARTS) is 1. The van der Waals surface area contributed by atoms with Crippen LogP contribution >= 0.6 is 0 Å². The number of fused-ring (bicyclic) bond motifs is 1. The second-order valence-electron chi connectivity index (χ2n) is 9.57. The minimum atomic E-state index is -4.80. The normalized spacial score (nSPS) is 15.0. The number of rotatable bonds is 8. The Labute approximate surface area is 218 Å². The minimum Gasteiger partial charge on any atom is -0.488 e. The van der Waals surface area contributed by atoms with E-state index in [9.17, 15) is 31.5 Å². The van der Waals surface area contributed by atoms with Crippen molar-refractivity contribution in [1.82, 2.24) is 4.31 Å². The highest BCUT2D eigenvalue weighted by Crippen LogP contribution is 2.35. The lowest BCUT2D eigenvalue weighted by Gasteiger charge is -2.33. The van der Waals surface area contributed by atoms with Crippen molar-refractivity contribution in [2.45, 2.75) is 50.1 Å². The highest BCUT2D eigenvalue weighted by Gasteiger charge is 2.32. The summed E-state index contributed by atoms with van der Waals surface area (Å²) in [4.78, 5) is 11.6. The van der Waals surface area contributed by atoms with Crippen molar-refractivity contribution in [1.29, 1.82) is 0 Å². The highest BCUT2D eigenvalue weighted by molar-refractivity contribution is 7.89. The van der Waals surface area contributed by atoms with Gasteiger partial charge in [0.15, 0.2) is 0 Å². The molecule has 38 heavy (non-hydrogen) atoms. The van der Waals surface area contributed by atoms with Crippen LogP contribution in [0.5, 0.6) is 11.5 Å². The van der Waals surface area contributed by atoms with Gasteiger partial charge >= 0.3 is 12.3 Å². The van der Waals surface area contributed by atoms with Crippen LogP contribution in [0.1, 0.15) is 31.4 Å². The number of carbonyl (C=O) groups is 1. The molecule has 1 N–H and O–H groups in total. The third-order valence-corrected chi connectivity index (χ3v) is 7.86. The van der Waals surface area contributed by atoms with E-state index in [1.54, 1.807) is 30.3 Å². The molecule has 7 nitrogen and oxygen atoms in total. The molecule has 11 heteroatoms. The van der Waals surface area contributed by atoms with Crippen LogP contribution in [0.2, 0.25) is 0 Å². The molecule has 0 saturated heterocycles. The number of nitrogens with zero attached hydrogens (tertiary/aromatic N) is 1. The second kappa shape index (κ2) is 10.3. The largest absolute Gasteiger partial charge is 0.573 e. The molecule has 0 spiro atoms. The van der Waals surface area contributed by atoms with Gasteiger partial charge in [-0.3, -0.25) is 4.79 Å². The zero-order chi connectivity index (χ0) is 27.7. The fourth-order valence-corrected chi connectivity index (χ4v) is 5.65. The molecule has 0 aromatic heterocycles. The second-order valence-corrected chi connectivity index (χ2v) is 11.5. The Balaban J connectivity index is 1.59. The van der Waals surface area contributed by atoms with Crippen LogP contribution in [0.25, 0.3) is 11.1 Å². The average molecular weight is 550 g/mol. The first-order chi connectivity index (χ1) is 17.7. The Morgan fingerprint density at radius 2 is 1.76 bits per heavy atom. The molecule has 1 heterocycles. The Bertz CT molecular complexity index is 1440. The van der Waals surface area contributed by atoms with E-state index >= 15 is 0 Å². The number of aryl methyl sites for hydroxylation is 1. The van der Waals surface area contributed by atoms with Crippen LogP contribution in [0, 0.1) is 0 Å². The number of aliphatic carboxylic acids is 1. The van der Waals surface area contributed by atoms with Crippen LogP contribution < -0.4 is 9.47 Å². The van der Waals surface area contributed by atoms with Crippen LogP contribution in [0.3, 0.4) is 0 Å². The number of hydrogen-bond donors (Lipinski definition) is 1. The standard InChI is InChI=1S/C27H26F3NO6S/c1-26(2)13-12-21-15-23(10-11-24(21)37-26)38(34,35)31(17-25(32)33)16-18-4-3-5-20(14-18)19-6-8-22(9-7-19)36-27(28,29)30/h3-11,14-15H,12-13,16-17H2,1-2H3,(H,32,33). The Morgan fingerprint density at radius 1 is 1.05 bits per heavy atom. The lowest BCUT2D eigenvalue weighted by atomic mass is 9.94. The van der Waals surface area contributed by atoms with Crippen molar-refractivity contribution in [2.24, 2.45) is 0 Å². The van der Waals surface area contributed by atoms with E-state index in [1.807, 2.05) is 13.8 Å². The first kappa shape index (κ1) is 27.5. The van der Waals surface area contributed by atoms with E-state index in [1.165, 1.54) is 36.4 Å². The van der Waals surface area contributed by atoms with Crippen LogP contribution in [-0.4, -0.2) is 42.3 Å². The summed E-state index contributed by atoms with van der Waals surface area (Å²) in [6.07, 6.45) is -3.47. The van der Waals surface area contributed by atoms with Gasteiger partial charge in [0, 0.05) is 6.54 Å². The summed E-state index contributed by atoms with van der Waals surface area (Å²) >= 11 is 0. The Hall–Kier alpha value is -3.57. The summed E-state index contributed by atoms with van der Waals surface area (Å²) < 4.78 is 75.0. The zero-order valence-electron chi connectivity index (χ0n) is 20.7. The number of carboxylic acids is 1. The van der Waals surface area contributed by atoms with Crippen molar-refractivity contribution in [3.63, 3.8) is 0 Å². The molecule has 3 aromatic carbocycles. The smallest absolute Gasteiger partial charge is 0.488 e. The summed E-state index contributed by atoms with van der Waals surface area (Å²) in [5, 5.41) is 9.44. The molecule has 1 aliphatic rings. The van der Waals surface area contributed by atoms with Gasteiger partial charge in [0.05, 0.1) is 4.90 Å². The molecule has 0 unspecified atom stereocenters. The summed E-state index contributed by atoms with van der Waals surface area (Å²) in [5.74, 6) is -1.08. The molecule has 1 aliphatic heterocycles. The fourth-order valence-electron chi connectivity index (χ4n) is 4.22. The maximum atomic E-state index is 13.5. The number of benzene rings is 3. The Morgan fingerprint density at radius 3 is 2.42 bits per heavy atom. The predicted molar refractivity (Wildman–Crippen MR) is 133 cm³/mol. The molecule has 0 amide bonds. The van der Waals surface area contributed by atoms with Crippen molar-refractivity contribution in [3.8, 4) is 22.6 Å². The summed E-state index contributed by atoms with van der Waals surface area (Å²) in [7, 11) is -4.18. The van der Waals surface area contributed by atoms with Gasteiger partial charge in [-0.2, -0.15) is 4.31 Å². The van der Waals surface area contributed by atoms with Crippen molar-refractivity contribution in [2.75, 3.05) is 6.54 Å². The summed E-state index contributed by atoms with van der Waals surface area (Å²) in [6.45, 7) is 2.93. The van der Waals surface area contributed by atoms with E-state index in [2.05, 4.69) is 4.74 Å². The zero-order valence-corrected chi connectivity index (χ0v) is 21.5. The van der Waals surface area contributed by atoms with Gasteiger partial charge in [0.1, 0.15) is 23.6 Å². The van der Waals surface area contributed by atoms with Gasteiger partial charge in [0.25, 0.3) is 0 Å². The fraction of sp³-hybridized carbons (Fsp3) is 0.296. The SMILES string of the molecule is CC1(C)CCc2cc(S(=O)(=O)N(CC(=O)O)Cc3cccc(-c4ccc(OC(F)(F)F)cc4)c3)ccc2O1. The van der Waals surface area contributed by atoms with Crippen LogP contribution in [-0.2, 0) is 27.8 Å². The van der Waals surface area contributed by atoms with Gasteiger partial charge in [-0.15, -0.1) is 13.2 Å². The lowest BCUT2D eigenvalue weighted by Crippen LogP contribution is -2.36. The third-order valence-electron chi connectivity index (χ3n) is 6.07. The number of hydrogen-bond acceptors (Lipinski definition) is 5. The monoisotopic (exact) mass is 549 g/mol. The lowest BCUT2D eigenvalue weighted by molar-refractivity contribution is -0.274. The van der Waals surface area contributed by atoms with Gasteiger partial charge in [-0.05, 0) is 85.3 Å². The van der Waals surface area contributed by atoms with E-state index in [4.69, 9.17) is 4.74 Å². The predicted octanol–water partition coefficient (Wildman–Crippen LogP) is 5.63. The maximum Gasteiger partial charge on any atom is 0.573 e. The van der Waals surface area contributed by atoms with Gasteiger partial charge in [-0.25, -0.2) is 8.42 Å². The van der Waals surface area contributed by atoms with E-state index < -0.39 is 28.9 Å². The van der Waals surface area contributed by atoms with E-state index in [0.29, 0.717) is 35.3 Å². The van der Waals surface area contributed by atoms with Crippen molar-refractivity contribution in [3.05, 3.63) is 77.9 Å². The molecular weight excluding hydrogens is 523 g/mol. The van der Waals surface area contributed by atoms with Crippen LogP contribution in [0.15, 0.2) is 71.6 Å². The molecule has 0 bridgehead atoms. The third kappa shape index (κ3) is 6.65. The topological polar surface area (TPSA) is 93.1 Å². The minimum absolute atomic E-state index is 0.0304. The number of halogens is 3. The van der Waals surface area contributed by atoms with Gasteiger partial charge in [0.2, 0.25) is 10.0 Å². The molecule has 4 rings (SSSR count). The van der Waals surface area contributed by atoms with Crippen molar-refractivity contribution < 1.29 is 41.0 Å². The van der Waals surface area contributed by atoms with E-state index in [0.717, 1.165) is 9.87 Å². The molecule has 3 aromatic rings. The molecule has 0 fully saturated rings. The van der Waals surface area contributed by atoms with E-state index in [-0.39, 0.29) is 22.8 Å². The number of ether oxygens (including phenoxy) is 2. The number of sulfonamides is 1. The summed E-state index contributed by atoms with van der Waals surface area (Å²) in [5.41, 5.74) is 2.07. The maximum absolute atomic E-state index is 13.5. The van der Waals surface area contributed by atoms with Crippen molar-refractivity contribution >= 4 is 16.0 Å². The highest BCUT2D eigenvalue weighted by atomic mass is 32.2. The van der Waals surface area contributed by atoms with Crippen LogP contribution in [0.4, 0.5) is 13.2 Å². The first-order valence-corrected chi connectivity index (χ1v) is 13.1. The molecule has 202 valence electrons. The molecule has 0 aliphatic carbocycles. The molecule has 0 radical (unpaired) electrons.